The lowest BCUT2D eigenvalue weighted by molar-refractivity contribution is -0.134. The molecule has 17 heavy (non-hydrogen) atoms. The minimum Gasteiger partial charge on any atom is -0.466 e. The standard InChI is InChI=1S/C13H10O4/c1-16-12(14)7-6-10-8-9-4-2-3-5-11(9)17-13(10)15/h2-8H,1H3/b7-6+. The normalized spacial score (nSPS) is 10.9. The van der Waals surface area contributed by atoms with Gasteiger partial charge < -0.3 is 9.15 Å². The SMILES string of the molecule is COC(=O)/C=C/c1cc2ccccc2oc1=O. The van der Waals surface area contributed by atoms with Crippen molar-refractivity contribution in [1.29, 1.82) is 0 Å². The van der Waals surface area contributed by atoms with Gasteiger partial charge in [0.1, 0.15) is 5.58 Å². The minimum absolute atomic E-state index is 0.314. The number of hydrogen-bond donors (Lipinski definition) is 0. The molecule has 0 unspecified atom stereocenters. The number of fused-ring (bicyclic) bond motifs is 1. The molecule has 0 saturated heterocycles. The van der Waals surface area contributed by atoms with Gasteiger partial charge in [-0.15, -0.1) is 0 Å². The van der Waals surface area contributed by atoms with Crippen LogP contribution in [0.1, 0.15) is 5.56 Å². The summed E-state index contributed by atoms with van der Waals surface area (Å²) in [4.78, 5) is 22.5. The summed E-state index contributed by atoms with van der Waals surface area (Å²) in [6.07, 6.45) is 2.56. The highest BCUT2D eigenvalue weighted by Crippen LogP contribution is 2.13. The zero-order valence-corrected chi connectivity index (χ0v) is 9.17. The second kappa shape index (κ2) is 4.65. The van der Waals surface area contributed by atoms with E-state index in [1.165, 1.54) is 19.3 Å². The van der Waals surface area contributed by atoms with Crippen molar-refractivity contribution in [2.75, 3.05) is 7.11 Å². The van der Waals surface area contributed by atoms with E-state index in [0.29, 0.717) is 11.1 Å². The van der Waals surface area contributed by atoms with Crippen molar-refractivity contribution >= 4 is 23.0 Å². The van der Waals surface area contributed by atoms with Crippen LogP contribution in [0.5, 0.6) is 0 Å². The summed E-state index contributed by atoms with van der Waals surface area (Å²) < 4.78 is 9.54. The Balaban J connectivity index is 2.48. The molecule has 0 aliphatic heterocycles. The van der Waals surface area contributed by atoms with Gasteiger partial charge in [0.25, 0.3) is 0 Å². The van der Waals surface area contributed by atoms with Crippen LogP contribution in [0, 0.1) is 0 Å². The molecule has 0 bridgehead atoms. The summed E-state index contributed by atoms with van der Waals surface area (Å²) >= 11 is 0. The fraction of sp³-hybridized carbons (Fsp3) is 0.0769. The molecule has 0 saturated carbocycles. The summed E-state index contributed by atoms with van der Waals surface area (Å²) in [5.41, 5.74) is 0.352. The number of rotatable bonds is 2. The smallest absolute Gasteiger partial charge is 0.343 e. The van der Waals surface area contributed by atoms with Gasteiger partial charge in [0, 0.05) is 11.5 Å². The van der Waals surface area contributed by atoms with Crippen molar-refractivity contribution in [2.45, 2.75) is 0 Å². The molecule has 4 nitrogen and oxygen atoms in total. The molecule has 0 atom stereocenters. The number of hydrogen-bond acceptors (Lipinski definition) is 4. The topological polar surface area (TPSA) is 56.5 Å². The maximum absolute atomic E-state index is 11.6. The third-order valence-electron chi connectivity index (χ3n) is 2.27. The third kappa shape index (κ3) is 2.42. The van der Waals surface area contributed by atoms with E-state index in [9.17, 15) is 9.59 Å². The molecule has 0 aliphatic rings. The summed E-state index contributed by atoms with van der Waals surface area (Å²) in [6, 6.07) is 8.84. The lowest BCUT2D eigenvalue weighted by Crippen LogP contribution is -2.03. The van der Waals surface area contributed by atoms with Gasteiger partial charge in [0.05, 0.1) is 12.7 Å². The first kappa shape index (κ1) is 11.1. The van der Waals surface area contributed by atoms with Crippen LogP contribution in [0.25, 0.3) is 17.0 Å². The average molecular weight is 230 g/mol. The number of carbonyl (C=O) groups excluding carboxylic acids is 1. The lowest BCUT2D eigenvalue weighted by atomic mass is 10.2. The summed E-state index contributed by atoms with van der Waals surface area (Å²) in [5.74, 6) is -0.516. The van der Waals surface area contributed by atoms with E-state index in [-0.39, 0.29) is 0 Å². The molecule has 1 aromatic heterocycles. The maximum atomic E-state index is 11.6. The van der Waals surface area contributed by atoms with Gasteiger partial charge in [0.2, 0.25) is 0 Å². The largest absolute Gasteiger partial charge is 0.466 e. The predicted octanol–water partition coefficient (Wildman–Crippen LogP) is 1.98. The van der Waals surface area contributed by atoms with E-state index in [1.807, 2.05) is 12.1 Å². The van der Waals surface area contributed by atoms with Gasteiger partial charge in [0.15, 0.2) is 0 Å². The zero-order valence-electron chi connectivity index (χ0n) is 9.17. The number of ether oxygens (including phenoxy) is 1. The Morgan fingerprint density at radius 2 is 2.12 bits per heavy atom. The number of benzene rings is 1. The highest BCUT2D eigenvalue weighted by atomic mass is 16.5. The van der Waals surface area contributed by atoms with Gasteiger partial charge in [-0.05, 0) is 18.2 Å². The van der Waals surface area contributed by atoms with E-state index in [4.69, 9.17) is 4.42 Å². The fourth-order valence-corrected chi connectivity index (χ4v) is 1.42. The highest BCUT2D eigenvalue weighted by Gasteiger charge is 2.02. The molecule has 0 aliphatic carbocycles. The zero-order chi connectivity index (χ0) is 12.3. The van der Waals surface area contributed by atoms with Crippen LogP contribution in [0.15, 0.2) is 45.6 Å². The van der Waals surface area contributed by atoms with Gasteiger partial charge >= 0.3 is 11.6 Å². The average Bonchev–Trinajstić information content (AvgIpc) is 2.35. The Bertz CT molecular complexity index is 637. The molecular formula is C13H10O4. The Morgan fingerprint density at radius 1 is 1.35 bits per heavy atom. The number of carbonyl (C=O) groups is 1. The van der Waals surface area contributed by atoms with Crippen molar-refractivity contribution in [3.05, 3.63) is 52.4 Å². The molecule has 0 N–H and O–H groups in total. The van der Waals surface area contributed by atoms with Gasteiger partial charge in [-0.25, -0.2) is 9.59 Å². The number of esters is 1. The molecule has 0 fully saturated rings. The Labute approximate surface area is 97.1 Å². The summed E-state index contributed by atoms with van der Waals surface area (Å²) in [7, 11) is 1.27. The second-order valence-corrected chi connectivity index (χ2v) is 3.38. The molecule has 1 heterocycles. The van der Waals surface area contributed by atoms with E-state index in [0.717, 1.165) is 5.39 Å². The Kier molecular flexibility index (Phi) is 3.05. The predicted molar refractivity (Wildman–Crippen MR) is 63.5 cm³/mol. The molecule has 0 amide bonds. The van der Waals surface area contributed by atoms with Crippen LogP contribution in [-0.4, -0.2) is 13.1 Å². The summed E-state index contributed by atoms with van der Waals surface area (Å²) in [6.45, 7) is 0. The molecule has 0 radical (unpaired) electrons. The van der Waals surface area contributed by atoms with Gasteiger partial charge in [-0.2, -0.15) is 0 Å². The van der Waals surface area contributed by atoms with E-state index in [2.05, 4.69) is 4.74 Å². The van der Waals surface area contributed by atoms with Crippen LogP contribution >= 0.6 is 0 Å². The molecule has 2 aromatic rings. The number of para-hydroxylation sites is 1. The van der Waals surface area contributed by atoms with Crippen LogP contribution in [0.4, 0.5) is 0 Å². The molecule has 4 heteroatoms. The van der Waals surface area contributed by atoms with E-state index in [1.54, 1.807) is 18.2 Å². The molecule has 1 aromatic carbocycles. The molecule has 0 spiro atoms. The summed E-state index contributed by atoms with van der Waals surface area (Å²) in [5, 5.41) is 0.802. The minimum atomic E-state index is -0.516. The van der Waals surface area contributed by atoms with E-state index < -0.39 is 11.6 Å². The van der Waals surface area contributed by atoms with Crippen molar-refractivity contribution in [2.24, 2.45) is 0 Å². The first-order valence-corrected chi connectivity index (χ1v) is 4.99. The van der Waals surface area contributed by atoms with Crippen LogP contribution in [-0.2, 0) is 9.53 Å². The molecular weight excluding hydrogens is 220 g/mol. The van der Waals surface area contributed by atoms with Crippen LogP contribution < -0.4 is 5.63 Å². The Hall–Kier alpha value is -2.36. The van der Waals surface area contributed by atoms with Gasteiger partial charge in [-0.1, -0.05) is 18.2 Å². The Morgan fingerprint density at radius 3 is 2.88 bits per heavy atom. The van der Waals surface area contributed by atoms with Crippen molar-refractivity contribution in [1.82, 2.24) is 0 Å². The van der Waals surface area contributed by atoms with Crippen molar-refractivity contribution < 1.29 is 13.9 Å². The maximum Gasteiger partial charge on any atom is 0.343 e. The van der Waals surface area contributed by atoms with E-state index >= 15 is 0 Å². The van der Waals surface area contributed by atoms with Crippen LogP contribution in [0.3, 0.4) is 0 Å². The monoisotopic (exact) mass is 230 g/mol. The fourth-order valence-electron chi connectivity index (χ4n) is 1.42. The third-order valence-corrected chi connectivity index (χ3v) is 2.27. The second-order valence-electron chi connectivity index (χ2n) is 3.38. The first-order chi connectivity index (χ1) is 8.20. The molecule has 86 valence electrons. The highest BCUT2D eigenvalue weighted by molar-refractivity contribution is 5.87. The van der Waals surface area contributed by atoms with Gasteiger partial charge in [-0.3, -0.25) is 0 Å². The van der Waals surface area contributed by atoms with Crippen molar-refractivity contribution in [3.63, 3.8) is 0 Å². The van der Waals surface area contributed by atoms with Crippen molar-refractivity contribution in [3.8, 4) is 0 Å². The lowest BCUT2D eigenvalue weighted by Gasteiger charge is -1.97. The number of methoxy groups -OCH3 is 1. The first-order valence-electron chi connectivity index (χ1n) is 4.99. The quantitative estimate of drug-likeness (QED) is 0.449. The molecule has 2 rings (SSSR count). The van der Waals surface area contributed by atoms with Crippen LogP contribution in [0.2, 0.25) is 0 Å².